The number of fused-ring (bicyclic) bond motifs is 1. The van der Waals surface area contributed by atoms with Gasteiger partial charge in [-0.25, -0.2) is 9.18 Å². The average Bonchev–Trinajstić information content (AvgIpc) is 3.49. The molecule has 13 nitrogen and oxygen atoms in total. The van der Waals surface area contributed by atoms with Gasteiger partial charge in [0.15, 0.2) is 23.1 Å². The number of carbonyl (C=O) groups is 3. The second kappa shape index (κ2) is 11.4. The highest BCUT2D eigenvalue weighted by Gasteiger charge is 2.46. The molecule has 5 rings (SSSR count). The lowest BCUT2D eigenvalue weighted by Gasteiger charge is -2.20. The van der Waals surface area contributed by atoms with E-state index in [1.54, 1.807) is 41.3 Å². The minimum atomic E-state index is -1.54. The summed E-state index contributed by atoms with van der Waals surface area (Å²) in [5.41, 5.74) is 0.615. The lowest BCUT2D eigenvalue weighted by atomic mass is 10.1. The largest absolute Gasteiger partial charge is 0.520 e. The lowest BCUT2D eigenvalue weighted by molar-refractivity contribution is -0.481. The number of rotatable bonds is 9. The molecule has 2 aromatic carbocycles. The maximum Gasteiger partial charge on any atom is 0.520 e. The second-order valence-corrected chi connectivity index (χ2v) is 8.85. The summed E-state index contributed by atoms with van der Waals surface area (Å²) in [7, 11) is 4.35. The molecule has 0 bridgehead atoms. The summed E-state index contributed by atoms with van der Waals surface area (Å²) < 4.78 is 34.1. The fraction of sp³-hybridized carbons (Fsp3) is 0.222. The van der Waals surface area contributed by atoms with Crippen molar-refractivity contribution in [2.45, 2.75) is 12.6 Å². The zero-order valence-corrected chi connectivity index (χ0v) is 22.3. The van der Waals surface area contributed by atoms with Crippen molar-refractivity contribution in [3.63, 3.8) is 0 Å². The maximum atomic E-state index is 15.1. The Kier molecular flexibility index (Phi) is 7.54. The third kappa shape index (κ3) is 5.52. The molecule has 3 heterocycles. The molecule has 1 atom stereocenters. The summed E-state index contributed by atoms with van der Waals surface area (Å²) in [5.74, 6) is -1.25. The summed E-state index contributed by atoms with van der Waals surface area (Å²) in [6.07, 6.45) is 4.77. The number of hydrogen-bond donors (Lipinski definition) is 1. The van der Waals surface area contributed by atoms with Gasteiger partial charge in [-0.3, -0.25) is 14.5 Å². The number of azo groups is 2. The summed E-state index contributed by atoms with van der Waals surface area (Å²) >= 11 is 0. The van der Waals surface area contributed by atoms with Crippen LogP contribution in [-0.2, 0) is 16.1 Å². The molecule has 0 fully saturated rings. The number of anilines is 1. The minimum absolute atomic E-state index is 0.00794. The molecule has 4 amide bonds. The van der Waals surface area contributed by atoms with E-state index >= 15 is 4.39 Å². The van der Waals surface area contributed by atoms with Crippen molar-refractivity contribution in [2.75, 3.05) is 33.1 Å². The zero-order valence-electron chi connectivity index (χ0n) is 22.3. The number of urea groups is 1. The predicted molar refractivity (Wildman–Crippen MR) is 142 cm³/mol. The fourth-order valence-corrected chi connectivity index (χ4v) is 4.22. The van der Waals surface area contributed by atoms with Gasteiger partial charge >= 0.3 is 11.9 Å². The first-order valence-electron chi connectivity index (χ1n) is 12.3. The first kappa shape index (κ1) is 27.2. The van der Waals surface area contributed by atoms with Gasteiger partial charge in [0.1, 0.15) is 19.3 Å². The first-order chi connectivity index (χ1) is 19.8. The van der Waals surface area contributed by atoms with Gasteiger partial charge in [0.2, 0.25) is 0 Å². The van der Waals surface area contributed by atoms with Gasteiger partial charge in [0, 0.05) is 41.8 Å². The third-order valence-electron chi connectivity index (χ3n) is 6.28. The molecule has 1 N–H and O–H groups in total. The van der Waals surface area contributed by atoms with Crippen LogP contribution in [0.1, 0.15) is 0 Å². The van der Waals surface area contributed by atoms with E-state index in [1.165, 1.54) is 39.6 Å². The van der Waals surface area contributed by atoms with Crippen LogP contribution in [0.15, 0.2) is 66.2 Å². The number of nitrogens with one attached hydrogen (secondary N) is 1. The van der Waals surface area contributed by atoms with Gasteiger partial charge in [-0.05, 0) is 30.3 Å². The Labute approximate surface area is 232 Å². The van der Waals surface area contributed by atoms with Crippen molar-refractivity contribution < 1.29 is 37.7 Å². The quantitative estimate of drug-likeness (QED) is 0.242. The molecule has 0 saturated heterocycles. The van der Waals surface area contributed by atoms with Gasteiger partial charge in [-0.15, -0.1) is 4.70 Å². The molecule has 4 aromatic rings. The van der Waals surface area contributed by atoms with Gasteiger partial charge in [0.25, 0.3) is 11.9 Å². The standard InChI is InChI=1S/C27H24FN7O6/c1-33-27(38)35(12-11-34-10-4-8-30-34)26(37)24(32-33)25(36)31-16-5-6-21(18(28)13-16)41-20-7-9-29-19-15-23(40-3)22(39-2)14-17(19)20/h4-10,13-15,24H,11-12H2,1-3H3/p+1. The topological polar surface area (TPSA) is 140 Å². The molecule has 1 unspecified atom stereocenters. The van der Waals surface area contributed by atoms with Crippen LogP contribution in [0.3, 0.4) is 0 Å². The normalized spacial score (nSPS) is 15.1. The Bertz CT molecular complexity index is 1670. The van der Waals surface area contributed by atoms with Gasteiger partial charge in [-0.2, -0.15) is 14.8 Å². The van der Waals surface area contributed by atoms with E-state index in [0.717, 1.165) is 15.7 Å². The first-order valence-corrected chi connectivity index (χ1v) is 12.3. The average molecular weight is 563 g/mol. The van der Waals surface area contributed by atoms with E-state index in [0.29, 0.717) is 28.2 Å². The number of pyridine rings is 1. The van der Waals surface area contributed by atoms with Gasteiger partial charge < -0.3 is 19.5 Å². The highest BCUT2D eigenvalue weighted by atomic mass is 19.1. The summed E-state index contributed by atoms with van der Waals surface area (Å²) in [4.78, 5) is 43.7. The maximum absolute atomic E-state index is 15.1. The van der Waals surface area contributed by atoms with Crippen molar-refractivity contribution in [3.05, 3.63) is 66.9 Å². The van der Waals surface area contributed by atoms with Crippen LogP contribution in [0.2, 0.25) is 0 Å². The van der Waals surface area contributed by atoms with Gasteiger partial charge in [0.05, 0.1) is 26.3 Å². The van der Waals surface area contributed by atoms with Crippen LogP contribution in [0.25, 0.3) is 10.9 Å². The van der Waals surface area contributed by atoms with E-state index in [1.807, 2.05) is 0 Å². The Morgan fingerprint density at radius 3 is 2.51 bits per heavy atom. The molecular weight excluding hydrogens is 537 g/mol. The highest BCUT2D eigenvalue weighted by molar-refractivity contribution is 6.13. The number of imide groups is 1. The van der Waals surface area contributed by atoms with Crippen molar-refractivity contribution in [2.24, 2.45) is 5.11 Å². The lowest BCUT2D eigenvalue weighted by Crippen LogP contribution is -2.54. The van der Waals surface area contributed by atoms with E-state index in [-0.39, 0.29) is 24.5 Å². The fourth-order valence-electron chi connectivity index (χ4n) is 4.22. The number of carbonyl (C=O) groups excluding carboxylic acids is 3. The smallest absolute Gasteiger partial charge is 0.493 e. The molecule has 14 heteroatoms. The molecule has 1 aliphatic heterocycles. The van der Waals surface area contributed by atoms with Crippen molar-refractivity contribution in [3.8, 4) is 23.0 Å². The number of ether oxygens (including phenoxy) is 3. The van der Waals surface area contributed by atoms with E-state index in [2.05, 4.69) is 20.5 Å². The monoisotopic (exact) mass is 562 g/mol. The number of halogens is 1. The third-order valence-corrected chi connectivity index (χ3v) is 6.28. The molecule has 0 aliphatic carbocycles. The molecule has 0 saturated carbocycles. The van der Waals surface area contributed by atoms with Crippen LogP contribution in [0, 0.1) is 5.82 Å². The molecular formula is C27H25FN7O6+. The van der Waals surface area contributed by atoms with Crippen LogP contribution in [-0.4, -0.2) is 76.1 Å². The molecule has 0 radical (unpaired) electrons. The van der Waals surface area contributed by atoms with Crippen LogP contribution >= 0.6 is 0 Å². The SMILES string of the molecule is COc1cc2nccc(Oc3ccc(NC(=O)C4N=[N+](C)C(=O)N(CCn5cccn5)C4=O)cc3F)c2cc1OC. The predicted octanol–water partition coefficient (Wildman–Crippen LogP) is 3.44. The van der Waals surface area contributed by atoms with E-state index < -0.39 is 29.7 Å². The molecule has 41 heavy (non-hydrogen) atoms. The Balaban J connectivity index is 1.31. The zero-order chi connectivity index (χ0) is 29.1. The number of benzene rings is 2. The number of methoxy groups -OCH3 is 2. The number of hydrogen-bond acceptors (Lipinski definition) is 9. The van der Waals surface area contributed by atoms with Crippen molar-refractivity contribution >= 4 is 34.4 Å². The summed E-state index contributed by atoms with van der Waals surface area (Å²) in [5, 5.41) is 11.0. The summed E-state index contributed by atoms with van der Waals surface area (Å²) in [6.45, 7) is 0.235. The molecule has 1 aliphatic rings. The van der Waals surface area contributed by atoms with Crippen LogP contribution in [0.5, 0.6) is 23.0 Å². The van der Waals surface area contributed by atoms with Crippen LogP contribution in [0.4, 0.5) is 14.9 Å². The minimum Gasteiger partial charge on any atom is -0.493 e. The Hall–Kier alpha value is -5.40. The van der Waals surface area contributed by atoms with Gasteiger partial charge in [-0.1, -0.05) is 5.11 Å². The molecule has 2 aromatic heterocycles. The highest BCUT2D eigenvalue weighted by Crippen LogP contribution is 2.37. The molecule has 210 valence electrons. The molecule has 0 spiro atoms. The Morgan fingerprint density at radius 1 is 1.02 bits per heavy atom. The van der Waals surface area contributed by atoms with Crippen molar-refractivity contribution in [1.29, 1.82) is 0 Å². The van der Waals surface area contributed by atoms with Crippen molar-refractivity contribution in [1.82, 2.24) is 19.7 Å². The summed E-state index contributed by atoms with van der Waals surface area (Å²) in [6, 6.07) is 8.24. The number of aromatic nitrogens is 3. The second-order valence-electron chi connectivity index (χ2n) is 8.85. The van der Waals surface area contributed by atoms with E-state index in [4.69, 9.17) is 14.2 Å². The number of amides is 4. The van der Waals surface area contributed by atoms with Crippen LogP contribution < -0.4 is 19.5 Å². The Morgan fingerprint density at radius 2 is 1.80 bits per heavy atom. The number of nitrogens with zero attached hydrogens (tertiary/aromatic N) is 6. The van der Waals surface area contributed by atoms with E-state index in [9.17, 15) is 14.4 Å².